The molecule has 0 amide bonds. The Morgan fingerprint density at radius 2 is 1.95 bits per heavy atom. The molecule has 0 bridgehead atoms. The van der Waals surface area contributed by atoms with Crippen molar-refractivity contribution in [2.24, 2.45) is 0 Å². The van der Waals surface area contributed by atoms with Crippen molar-refractivity contribution in [2.45, 2.75) is 13.5 Å². The lowest BCUT2D eigenvalue weighted by molar-refractivity contribution is 0.224. The first-order chi connectivity index (χ1) is 10.8. The average molecular weight is 298 g/mol. The van der Waals surface area contributed by atoms with Crippen LogP contribution in [0.5, 0.6) is 0 Å². The van der Waals surface area contributed by atoms with Gasteiger partial charge in [0.1, 0.15) is 0 Å². The van der Waals surface area contributed by atoms with Crippen LogP contribution in [-0.4, -0.2) is 51.2 Å². The highest BCUT2D eigenvalue weighted by atomic mass is 16.4. The summed E-state index contributed by atoms with van der Waals surface area (Å²) in [7, 11) is 0. The van der Waals surface area contributed by atoms with Gasteiger partial charge in [0.2, 0.25) is 17.7 Å². The van der Waals surface area contributed by atoms with Gasteiger partial charge < -0.3 is 14.3 Å². The highest BCUT2D eigenvalue weighted by molar-refractivity contribution is 5.77. The molecule has 0 aliphatic carbocycles. The van der Waals surface area contributed by atoms with Gasteiger partial charge in [0.15, 0.2) is 0 Å². The maximum atomic E-state index is 5.44. The second-order valence-electron chi connectivity index (χ2n) is 5.56. The number of hydrogen-bond donors (Lipinski definition) is 1. The van der Waals surface area contributed by atoms with E-state index in [0.29, 0.717) is 11.8 Å². The summed E-state index contributed by atoms with van der Waals surface area (Å²) in [6, 6.07) is 8.12. The predicted molar refractivity (Wildman–Crippen MR) is 82.6 cm³/mol. The monoisotopic (exact) mass is 298 g/mol. The van der Waals surface area contributed by atoms with Crippen LogP contribution in [0.25, 0.3) is 11.0 Å². The molecule has 3 heterocycles. The van der Waals surface area contributed by atoms with E-state index in [1.54, 1.807) is 0 Å². The first kappa shape index (κ1) is 13.3. The number of piperazine rings is 1. The molecular weight excluding hydrogens is 280 g/mol. The lowest BCUT2D eigenvalue weighted by Gasteiger charge is -2.33. The summed E-state index contributed by atoms with van der Waals surface area (Å²) < 4.78 is 5.44. The Labute approximate surface area is 128 Å². The van der Waals surface area contributed by atoms with Crippen molar-refractivity contribution in [1.29, 1.82) is 0 Å². The Morgan fingerprint density at radius 1 is 1.14 bits per heavy atom. The van der Waals surface area contributed by atoms with E-state index in [1.807, 2.05) is 25.1 Å². The molecule has 3 aromatic rings. The summed E-state index contributed by atoms with van der Waals surface area (Å²) >= 11 is 0. The van der Waals surface area contributed by atoms with Gasteiger partial charge in [-0.3, -0.25) is 4.90 Å². The minimum Gasteiger partial charge on any atom is -0.424 e. The molecule has 0 spiro atoms. The van der Waals surface area contributed by atoms with E-state index >= 15 is 0 Å². The molecule has 22 heavy (non-hydrogen) atoms. The number of aromatic nitrogens is 4. The molecule has 114 valence electrons. The number of fused-ring (bicyclic) bond motifs is 1. The van der Waals surface area contributed by atoms with E-state index in [1.165, 1.54) is 0 Å². The third-order valence-corrected chi connectivity index (χ3v) is 3.98. The molecule has 7 nitrogen and oxygen atoms in total. The molecule has 2 aromatic heterocycles. The Hall–Kier alpha value is -2.41. The number of rotatable bonds is 3. The van der Waals surface area contributed by atoms with Gasteiger partial charge in [-0.1, -0.05) is 12.1 Å². The second-order valence-corrected chi connectivity index (χ2v) is 5.56. The largest absolute Gasteiger partial charge is 0.424 e. The standard InChI is InChI=1S/C15H18N6O/c1-11-18-19-14(22-11)10-20-6-8-21(9-7-20)15-16-12-4-2-3-5-13(12)17-15/h2-5H,6-10H2,1H3,(H,16,17). The molecule has 4 rings (SSSR count). The molecule has 1 aliphatic heterocycles. The van der Waals surface area contributed by atoms with Crippen molar-refractivity contribution >= 4 is 17.0 Å². The summed E-state index contributed by atoms with van der Waals surface area (Å²) in [5.74, 6) is 2.26. The number of benzene rings is 1. The van der Waals surface area contributed by atoms with Gasteiger partial charge in [-0.05, 0) is 12.1 Å². The fourth-order valence-electron chi connectivity index (χ4n) is 2.80. The quantitative estimate of drug-likeness (QED) is 0.791. The van der Waals surface area contributed by atoms with E-state index in [-0.39, 0.29) is 0 Å². The third kappa shape index (κ3) is 2.55. The Balaban J connectivity index is 1.40. The summed E-state index contributed by atoms with van der Waals surface area (Å²) in [4.78, 5) is 12.7. The smallest absolute Gasteiger partial charge is 0.230 e. The van der Waals surface area contributed by atoms with Gasteiger partial charge in [-0.2, -0.15) is 0 Å². The fraction of sp³-hybridized carbons (Fsp3) is 0.400. The first-order valence-corrected chi connectivity index (χ1v) is 7.49. The number of nitrogens with one attached hydrogen (secondary N) is 1. The van der Waals surface area contributed by atoms with Crippen molar-refractivity contribution in [3.63, 3.8) is 0 Å². The molecule has 1 aromatic carbocycles. The molecular formula is C15H18N6O. The highest BCUT2D eigenvalue weighted by Crippen LogP contribution is 2.18. The summed E-state index contributed by atoms with van der Waals surface area (Å²) in [6.07, 6.45) is 0. The number of imidazole rings is 1. The Bertz CT molecular complexity index is 738. The maximum absolute atomic E-state index is 5.44. The maximum Gasteiger partial charge on any atom is 0.230 e. The molecule has 0 radical (unpaired) electrons. The lowest BCUT2D eigenvalue weighted by atomic mass is 10.3. The molecule has 0 atom stereocenters. The van der Waals surface area contributed by atoms with Crippen LogP contribution in [0.4, 0.5) is 5.95 Å². The zero-order valence-electron chi connectivity index (χ0n) is 12.5. The minimum atomic E-state index is 0.621. The second kappa shape index (κ2) is 5.42. The van der Waals surface area contributed by atoms with Crippen LogP contribution in [0.3, 0.4) is 0 Å². The average Bonchev–Trinajstić information content (AvgIpc) is 3.14. The van der Waals surface area contributed by atoms with Gasteiger partial charge in [0, 0.05) is 33.1 Å². The number of nitrogens with zero attached hydrogens (tertiary/aromatic N) is 5. The van der Waals surface area contributed by atoms with Gasteiger partial charge in [0.05, 0.1) is 17.6 Å². The molecule has 1 fully saturated rings. The topological polar surface area (TPSA) is 74.1 Å². The van der Waals surface area contributed by atoms with E-state index in [2.05, 4.69) is 36.0 Å². The zero-order valence-corrected chi connectivity index (χ0v) is 12.5. The molecule has 1 saturated heterocycles. The van der Waals surface area contributed by atoms with Crippen molar-refractivity contribution in [3.05, 3.63) is 36.0 Å². The van der Waals surface area contributed by atoms with Gasteiger partial charge >= 0.3 is 0 Å². The van der Waals surface area contributed by atoms with Crippen LogP contribution in [0.1, 0.15) is 11.8 Å². The number of aromatic amines is 1. The fourth-order valence-corrected chi connectivity index (χ4v) is 2.80. The number of anilines is 1. The molecule has 1 N–H and O–H groups in total. The number of aryl methyl sites for hydroxylation is 1. The van der Waals surface area contributed by atoms with Crippen molar-refractivity contribution in [2.75, 3.05) is 31.1 Å². The molecule has 0 saturated carbocycles. The molecule has 0 unspecified atom stereocenters. The third-order valence-electron chi connectivity index (χ3n) is 3.98. The van der Waals surface area contributed by atoms with E-state index in [9.17, 15) is 0 Å². The van der Waals surface area contributed by atoms with Crippen molar-refractivity contribution in [3.8, 4) is 0 Å². The summed E-state index contributed by atoms with van der Waals surface area (Å²) in [6.45, 7) is 6.32. The predicted octanol–water partition coefficient (Wildman–Crippen LogP) is 1.58. The summed E-state index contributed by atoms with van der Waals surface area (Å²) in [5.41, 5.74) is 2.10. The van der Waals surface area contributed by atoms with E-state index in [0.717, 1.165) is 49.7 Å². The Morgan fingerprint density at radius 3 is 2.68 bits per heavy atom. The van der Waals surface area contributed by atoms with Gasteiger partial charge in [-0.15, -0.1) is 10.2 Å². The highest BCUT2D eigenvalue weighted by Gasteiger charge is 2.20. The van der Waals surface area contributed by atoms with E-state index < -0.39 is 0 Å². The van der Waals surface area contributed by atoms with Crippen LogP contribution in [0, 0.1) is 6.92 Å². The molecule has 7 heteroatoms. The Kier molecular flexibility index (Phi) is 3.27. The summed E-state index contributed by atoms with van der Waals surface area (Å²) in [5, 5.41) is 7.93. The lowest BCUT2D eigenvalue weighted by Crippen LogP contribution is -2.46. The van der Waals surface area contributed by atoms with Crippen molar-refractivity contribution < 1.29 is 4.42 Å². The van der Waals surface area contributed by atoms with Crippen LogP contribution in [0.2, 0.25) is 0 Å². The van der Waals surface area contributed by atoms with Gasteiger partial charge in [-0.25, -0.2) is 4.98 Å². The van der Waals surface area contributed by atoms with Gasteiger partial charge in [0.25, 0.3) is 0 Å². The number of para-hydroxylation sites is 2. The normalized spacial score (nSPS) is 16.5. The minimum absolute atomic E-state index is 0.621. The van der Waals surface area contributed by atoms with Crippen LogP contribution in [0.15, 0.2) is 28.7 Å². The van der Waals surface area contributed by atoms with Crippen LogP contribution in [-0.2, 0) is 6.54 Å². The van der Waals surface area contributed by atoms with E-state index in [4.69, 9.17) is 4.42 Å². The number of H-pyrrole nitrogens is 1. The molecule has 1 aliphatic rings. The zero-order chi connectivity index (χ0) is 14.9. The first-order valence-electron chi connectivity index (χ1n) is 7.49. The van der Waals surface area contributed by atoms with Crippen LogP contribution < -0.4 is 4.90 Å². The SMILES string of the molecule is Cc1nnc(CN2CCN(c3nc4ccccc4[nH]3)CC2)o1. The number of hydrogen-bond acceptors (Lipinski definition) is 6. The van der Waals surface area contributed by atoms with Crippen molar-refractivity contribution in [1.82, 2.24) is 25.1 Å². The van der Waals surface area contributed by atoms with Crippen LogP contribution >= 0.6 is 0 Å².